The number of nitrogens with two attached hydrogens (primary N) is 3. The van der Waals surface area contributed by atoms with E-state index in [1.807, 2.05) is 0 Å². The predicted molar refractivity (Wildman–Crippen MR) is 142 cm³/mol. The molecule has 2 atom stereocenters. The monoisotopic (exact) mass is 511 g/mol. The molecule has 0 aromatic heterocycles. The van der Waals surface area contributed by atoms with Crippen LogP contribution in [0.1, 0.15) is 29.5 Å². The van der Waals surface area contributed by atoms with E-state index in [4.69, 9.17) is 17.2 Å². The number of guanidine groups is 1. The number of rotatable bonds is 4. The number of amides is 3. The van der Waals surface area contributed by atoms with Gasteiger partial charge >= 0.3 is 0 Å². The molecule has 2 bridgehead atoms. The van der Waals surface area contributed by atoms with Gasteiger partial charge in [-0.05, 0) is 41.0 Å². The van der Waals surface area contributed by atoms with Crippen molar-refractivity contribution >= 4 is 41.1 Å². The number of fused-ring (bicyclic) bond motifs is 15. The number of primary amides is 1. The third-order valence-corrected chi connectivity index (χ3v) is 6.71. The molecular formula is C25H33N7O3S. The molecule has 4 rings (SSSR count). The molecule has 10 nitrogen and oxygen atoms in total. The van der Waals surface area contributed by atoms with Crippen molar-refractivity contribution in [3.8, 4) is 0 Å². The third kappa shape index (κ3) is 8.90. The summed E-state index contributed by atoms with van der Waals surface area (Å²) in [4.78, 5) is 41.8. The highest BCUT2D eigenvalue weighted by Crippen LogP contribution is 2.16. The molecular weight excluding hydrogens is 478 g/mol. The molecule has 0 saturated heterocycles. The van der Waals surface area contributed by atoms with Gasteiger partial charge in [-0.1, -0.05) is 36.4 Å². The number of carbonyl (C=O) groups excluding carboxylic acids is 3. The average molecular weight is 512 g/mol. The van der Waals surface area contributed by atoms with Crippen molar-refractivity contribution in [1.82, 2.24) is 16.0 Å². The lowest BCUT2D eigenvalue weighted by atomic mass is 10.0. The SMILES string of the molecule is NC(=O)[C@@H]1CCSCc2ccc(cc2)CNCCC(=O)N[C@@H](Cc2ccc(N=C(N)N)cc2)C(=O)N1. The lowest BCUT2D eigenvalue weighted by Gasteiger charge is -2.22. The Morgan fingerprint density at radius 1 is 0.972 bits per heavy atom. The molecule has 36 heavy (non-hydrogen) atoms. The zero-order valence-electron chi connectivity index (χ0n) is 20.0. The molecule has 0 unspecified atom stereocenters. The highest BCUT2D eigenvalue weighted by atomic mass is 32.2. The molecule has 9 N–H and O–H groups in total. The van der Waals surface area contributed by atoms with Crippen molar-refractivity contribution in [2.24, 2.45) is 22.2 Å². The van der Waals surface area contributed by atoms with Gasteiger partial charge in [-0.25, -0.2) is 4.99 Å². The largest absolute Gasteiger partial charge is 0.370 e. The fourth-order valence-electron chi connectivity index (χ4n) is 3.70. The Bertz CT molecular complexity index is 1070. The number of aliphatic imine (C=N–C) groups is 1. The Labute approximate surface area is 214 Å². The van der Waals surface area contributed by atoms with Gasteiger partial charge in [-0.2, -0.15) is 11.8 Å². The number of hydrogen-bond donors (Lipinski definition) is 6. The van der Waals surface area contributed by atoms with Crippen molar-refractivity contribution in [1.29, 1.82) is 0 Å². The number of nitrogens with zero attached hydrogens (tertiary/aromatic N) is 1. The van der Waals surface area contributed by atoms with Crippen LogP contribution in [0.4, 0.5) is 5.69 Å². The molecule has 2 aromatic carbocycles. The van der Waals surface area contributed by atoms with Crippen molar-refractivity contribution in [3.05, 3.63) is 65.2 Å². The Hall–Kier alpha value is -3.57. The second kappa shape index (κ2) is 13.5. The first-order chi connectivity index (χ1) is 17.3. The molecule has 0 aliphatic carbocycles. The van der Waals surface area contributed by atoms with E-state index in [2.05, 4.69) is 45.2 Å². The summed E-state index contributed by atoms with van der Waals surface area (Å²) in [6.07, 6.45) is 0.808. The van der Waals surface area contributed by atoms with Crippen LogP contribution >= 0.6 is 11.8 Å². The van der Waals surface area contributed by atoms with Crippen molar-refractivity contribution < 1.29 is 14.4 Å². The van der Waals surface area contributed by atoms with Gasteiger partial charge in [-0.15, -0.1) is 0 Å². The van der Waals surface area contributed by atoms with Crippen molar-refractivity contribution in [2.75, 3.05) is 12.3 Å². The van der Waals surface area contributed by atoms with E-state index in [1.165, 1.54) is 5.56 Å². The quantitative estimate of drug-likeness (QED) is 0.254. The number of hydrogen-bond acceptors (Lipinski definition) is 6. The minimum absolute atomic E-state index is 0.0561. The highest BCUT2D eigenvalue weighted by Gasteiger charge is 2.26. The third-order valence-electron chi connectivity index (χ3n) is 5.65. The second-order valence-electron chi connectivity index (χ2n) is 8.58. The van der Waals surface area contributed by atoms with Crippen LogP contribution in [0.3, 0.4) is 0 Å². The first-order valence-corrected chi connectivity index (χ1v) is 12.9. The van der Waals surface area contributed by atoms with Gasteiger partial charge in [0.25, 0.3) is 0 Å². The van der Waals surface area contributed by atoms with E-state index in [1.54, 1.807) is 36.0 Å². The van der Waals surface area contributed by atoms with Gasteiger partial charge in [0.1, 0.15) is 12.1 Å². The maximum atomic E-state index is 13.2. The second-order valence-corrected chi connectivity index (χ2v) is 9.68. The molecule has 2 aromatic rings. The van der Waals surface area contributed by atoms with Crippen LogP contribution in [-0.2, 0) is 33.1 Å². The zero-order valence-corrected chi connectivity index (χ0v) is 20.9. The lowest BCUT2D eigenvalue weighted by Crippen LogP contribution is -2.54. The van der Waals surface area contributed by atoms with Crippen LogP contribution in [0.15, 0.2) is 53.5 Å². The molecule has 11 heteroatoms. The molecule has 0 radical (unpaired) electrons. The van der Waals surface area contributed by atoms with E-state index in [-0.39, 0.29) is 24.7 Å². The first-order valence-electron chi connectivity index (χ1n) is 11.7. The summed E-state index contributed by atoms with van der Waals surface area (Å²) in [5, 5.41) is 8.79. The van der Waals surface area contributed by atoms with Gasteiger partial charge in [-0.3, -0.25) is 14.4 Å². The van der Waals surface area contributed by atoms with Gasteiger partial charge in [0.05, 0.1) is 5.69 Å². The normalized spacial score (nSPS) is 19.9. The van der Waals surface area contributed by atoms with E-state index in [0.717, 1.165) is 16.9 Å². The van der Waals surface area contributed by atoms with Gasteiger partial charge in [0, 0.05) is 31.7 Å². The summed E-state index contributed by atoms with van der Waals surface area (Å²) in [5.41, 5.74) is 20.1. The van der Waals surface area contributed by atoms with Crippen LogP contribution < -0.4 is 33.2 Å². The summed E-state index contributed by atoms with van der Waals surface area (Å²) in [5.74, 6) is 0.0250. The fourth-order valence-corrected chi connectivity index (χ4v) is 4.68. The minimum atomic E-state index is -0.883. The fraction of sp³-hybridized carbons (Fsp3) is 0.360. The number of carbonyl (C=O) groups is 3. The standard InChI is InChI=1S/C25H33N7O3S/c26-23(34)20-10-12-36-15-18-3-1-17(2-4-18)14-29-11-9-22(33)31-21(24(35)32-20)13-16-5-7-19(8-6-16)30-25(27)28/h1-8,20-21,29H,9-15H2,(H2,26,34)(H,31,33)(H,32,35)(H4,27,28,30)/t20-,21-/m0/s1. The van der Waals surface area contributed by atoms with Crippen LogP contribution in [-0.4, -0.2) is 48.1 Å². The van der Waals surface area contributed by atoms with Gasteiger partial charge < -0.3 is 33.2 Å². The maximum Gasteiger partial charge on any atom is 0.243 e. The van der Waals surface area contributed by atoms with Crippen molar-refractivity contribution in [3.63, 3.8) is 0 Å². The highest BCUT2D eigenvalue weighted by molar-refractivity contribution is 7.98. The Balaban J connectivity index is 1.75. The number of benzene rings is 2. The van der Waals surface area contributed by atoms with Gasteiger partial charge in [0.2, 0.25) is 17.7 Å². The maximum absolute atomic E-state index is 13.2. The van der Waals surface area contributed by atoms with Crippen molar-refractivity contribution in [2.45, 2.75) is 43.6 Å². The van der Waals surface area contributed by atoms with E-state index >= 15 is 0 Å². The summed E-state index contributed by atoms with van der Waals surface area (Å²) in [6.45, 7) is 1.10. The molecule has 2 aliphatic rings. The van der Waals surface area contributed by atoms with Crippen LogP contribution in [0.5, 0.6) is 0 Å². The Morgan fingerprint density at radius 3 is 2.33 bits per heavy atom. The summed E-state index contributed by atoms with van der Waals surface area (Å²) < 4.78 is 0. The molecule has 2 aliphatic heterocycles. The molecule has 2 heterocycles. The smallest absolute Gasteiger partial charge is 0.243 e. The molecule has 3 amide bonds. The number of nitrogens with one attached hydrogen (secondary N) is 3. The van der Waals surface area contributed by atoms with E-state index < -0.39 is 23.9 Å². The Morgan fingerprint density at radius 2 is 1.67 bits per heavy atom. The first kappa shape index (κ1) is 27.0. The molecule has 192 valence electrons. The minimum Gasteiger partial charge on any atom is -0.370 e. The lowest BCUT2D eigenvalue weighted by molar-refractivity contribution is -0.131. The summed E-state index contributed by atoms with van der Waals surface area (Å²) in [6, 6.07) is 13.5. The van der Waals surface area contributed by atoms with Crippen LogP contribution in [0.25, 0.3) is 0 Å². The number of thioether (sulfide) groups is 1. The predicted octanol–water partition coefficient (Wildman–Crippen LogP) is 0.406. The van der Waals surface area contributed by atoms with E-state index in [9.17, 15) is 14.4 Å². The molecule has 0 fully saturated rings. The zero-order chi connectivity index (χ0) is 25.9. The van der Waals surface area contributed by atoms with E-state index in [0.29, 0.717) is 31.0 Å². The summed E-state index contributed by atoms with van der Waals surface area (Å²) >= 11 is 1.66. The molecule has 0 saturated carbocycles. The van der Waals surface area contributed by atoms with Crippen LogP contribution in [0.2, 0.25) is 0 Å². The van der Waals surface area contributed by atoms with Gasteiger partial charge in [0.15, 0.2) is 5.96 Å². The topological polar surface area (TPSA) is 178 Å². The molecule has 0 spiro atoms. The average Bonchev–Trinajstić information content (AvgIpc) is 2.84. The Kier molecular flexibility index (Phi) is 10.1. The van der Waals surface area contributed by atoms with Crippen LogP contribution in [0, 0.1) is 0 Å². The summed E-state index contributed by atoms with van der Waals surface area (Å²) in [7, 11) is 0.